The van der Waals surface area contributed by atoms with E-state index < -0.39 is 17.2 Å². The number of benzene rings is 1. The molecule has 1 unspecified atom stereocenters. The van der Waals surface area contributed by atoms with Crippen LogP contribution in [-0.2, 0) is 11.2 Å². The van der Waals surface area contributed by atoms with E-state index in [1.54, 1.807) is 27.7 Å². The molecule has 0 spiro atoms. The molecule has 1 atom stereocenters. The molecule has 0 aromatic heterocycles. The highest BCUT2D eigenvalue weighted by Crippen LogP contribution is 2.27. The minimum Gasteiger partial charge on any atom is -0.465 e. The lowest BCUT2D eigenvalue weighted by Crippen LogP contribution is -2.60. The fourth-order valence-corrected chi connectivity index (χ4v) is 2.45. The van der Waals surface area contributed by atoms with Crippen LogP contribution in [0.2, 0.25) is 0 Å². The maximum absolute atomic E-state index is 11.5. The van der Waals surface area contributed by atoms with Crippen LogP contribution in [0.15, 0.2) is 30.3 Å². The van der Waals surface area contributed by atoms with E-state index in [1.165, 1.54) is 4.90 Å². The van der Waals surface area contributed by atoms with Gasteiger partial charge in [-0.25, -0.2) is 4.79 Å². The third-order valence-electron chi connectivity index (χ3n) is 3.03. The summed E-state index contributed by atoms with van der Waals surface area (Å²) < 4.78 is 0. The summed E-state index contributed by atoms with van der Waals surface area (Å²) in [4.78, 5) is 24.2. The second kappa shape index (κ2) is 5.43. The van der Waals surface area contributed by atoms with Crippen molar-refractivity contribution >= 4 is 12.4 Å². The molecule has 1 aromatic carbocycles. The molecule has 1 rings (SSSR count). The average molecular weight is 263 g/mol. The van der Waals surface area contributed by atoms with Crippen molar-refractivity contribution in [1.82, 2.24) is 4.90 Å². The molecule has 4 nitrogen and oxygen atoms in total. The third kappa shape index (κ3) is 3.56. The second-order valence-corrected chi connectivity index (χ2v) is 5.93. The molecule has 0 radical (unpaired) electrons. The second-order valence-electron chi connectivity index (χ2n) is 5.93. The van der Waals surface area contributed by atoms with Crippen LogP contribution in [0.5, 0.6) is 0 Å². The first-order valence-electron chi connectivity index (χ1n) is 6.24. The van der Waals surface area contributed by atoms with Crippen LogP contribution in [0.4, 0.5) is 4.79 Å². The average Bonchev–Trinajstić information content (AvgIpc) is 2.27. The van der Waals surface area contributed by atoms with Gasteiger partial charge < -0.3 is 9.90 Å². The van der Waals surface area contributed by atoms with E-state index in [4.69, 9.17) is 0 Å². The van der Waals surface area contributed by atoms with E-state index in [9.17, 15) is 14.7 Å². The van der Waals surface area contributed by atoms with Crippen molar-refractivity contribution in [3.8, 4) is 0 Å². The number of hydrogen-bond donors (Lipinski definition) is 1. The molecule has 0 saturated carbocycles. The number of nitrogens with zero attached hydrogens (tertiary/aromatic N) is 1. The van der Waals surface area contributed by atoms with Gasteiger partial charge in [0.05, 0.1) is 0 Å². The SMILES string of the molecule is CC(C)(C)N(C(=O)O)C(C)(C=O)Cc1ccccc1. The largest absolute Gasteiger partial charge is 0.465 e. The molecule has 0 heterocycles. The summed E-state index contributed by atoms with van der Waals surface area (Å²) in [6.07, 6.45) is -0.00155. The Balaban J connectivity index is 3.14. The molecule has 0 aliphatic rings. The Morgan fingerprint density at radius 2 is 1.74 bits per heavy atom. The van der Waals surface area contributed by atoms with Gasteiger partial charge in [-0.05, 0) is 33.3 Å². The van der Waals surface area contributed by atoms with Gasteiger partial charge in [0.25, 0.3) is 0 Å². The van der Waals surface area contributed by atoms with Crippen LogP contribution in [-0.4, -0.2) is 33.5 Å². The van der Waals surface area contributed by atoms with Crippen LogP contribution in [0.25, 0.3) is 0 Å². The number of aldehydes is 1. The molecule has 0 bridgehead atoms. The number of carbonyl (C=O) groups excluding carboxylic acids is 1. The van der Waals surface area contributed by atoms with Crippen molar-refractivity contribution in [3.63, 3.8) is 0 Å². The van der Waals surface area contributed by atoms with Gasteiger partial charge in [0.2, 0.25) is 0 Å². The van der Waals surface area contributed by atoms with E-state index in [1.807, 2.05) is 30.3 Å². The number of hydrogen-bond acceptors (Lipinski definition) is 2. The van der Waals surface area contributed by atoms with Crippen LogP contribution in [0.3, 0.4) is 0 Å². The highest BCUT2D eigenvalue weighted by Gasteiger charge is 2.42. The number of rotatable bonds is 4. The van der Waals surface area contributed by atoms with E-state index in [0.717, 1.165) is 11.8 Å². The van der Waals surface area contributed by atoms with Gasteiger partial charge in [-0.3, -0.25) is 4.90 Å². The predicted molar refractivity (Wildman–Crippen MR) is 74.2 cm³/mol. The lowest BCUT2D eigenvalue weighted by Gasteiger charge is -2.44. The van der Waals surface area contributed by atoms with E-state index >= 15 is 0 Å². The van der Waals surface area contributed by atoms with Crippen molar-refractivity contribution in [3.05, 3.63) is 35.9 Å². The smallest absolute Gasteiger partial charge is 0.408 e. The lowest BCUT2D eigenvalue weighted by molar-refractivity contribution is -0.119. The summed E-state index contributed by atoms with van der Waals surface area (Å²) in [7, 11) is 0. The quantitative estimate of drug-likeness (QED) is 0.850. The molecular formula is C15H21NO3. The standard InChI is InChI=1S/C15H21NO3/c1-14(2,3)16(13(18)19)15(4,11-17)10-12-8-6-5-7-9-12/h5-9,11H,10H2,1-4H3,(H,18,19). The van der Waals surface area contributed by atoms with Gasteiger partial charge in [-0.15, -0.1) is 0 Å². The summed E-state index contributed by atoms with van der Waals surface area (Å²) in [6, 6.07) is 9.43. The molecule has 1 N–H and O–H groups in total. The van der Waals surface area contributed by atoms with Crippen LogP contribution < -0.4 is 0 Å². The van der Waals surface area contributed by atoms with Gasteiger partial charge in [-0.2, -0.15) is 0 Å². The Labute approximate surface area is 114 Å². The van der Waals surface area contributed by atoms with E-state index in [0.29, 0.717) is 6.42 Å². The van der Waals surface area contributed by atoms with Crippen LogP contribution >= 0.6 is 0 Å². The first kappa shape index (κ1) is 15.2. The predicted octanol–water partition coefficient (Wildman–Crippen LogP) is 2.97. The molecule has 0 aliphatic heterocycles. The number of carboxylic acid groups (broad SMARTS) is 1. The summed E-state index contributed by atoms with van der Waals surface area (Å²) in [5.74, 6) is 0. The minimum atomic E-state index is -1.09. The number of amides is 1. The molecule has 0 aliphatic carbocycles. The van der Waals surface area contributed by atoms with Gasteiger partial charge in [0.15, 0.2) is 0 Å². The molecule has 19 heavy (non-hydrogen) atoms. The Kier molecular flexibility index (Phi) is 4.35. The van der Waals surface area contributed by atoms with Gasteiger partial charge in [0.1, 0.15) is 11.8 Å². The summed E-state index contributed by atoms with van der Waals surface area (Å²) in [5, 5.41) is 9.42. The molecular weight excluding hydrogens is 242 g/mol. The lowest BCUT2D eigenvalue weighted by atomic mass is 9.88. The Hall–Kier alpha value is -1.84. The summed E-state index contributed by atoms with van der Waals surface area (Å²) >= 11 is 0. The van der Waals surface area contributed by atoms with Gasteiger partial charge >= 0.3 is 6.09 Å². The first-order valence-corrected chi connectivity index (χ1v) is 6.24. The van der Waals surface area contributed by atoms with Crippen molar-refractivity contribution in [2.45, 2.75) is 45.2 Å². The number of carbonyl (C=O) groups is 2. The zero-order valence-electron chi connectivity index (χ0n) is 11.9. The fourth-order valence-electron chi connectivity index (χ4n) is 2.45. The minimum absolute atomic E-state index is 0.362. The highest BCUT2D eigenvalue weighted by molar-refractivity contribution is 5.76. The maximum atomic E-state index is 11.5. The maximum Gasteiger partial charge on any atom is 0.408 e. The van der Waals surface area contributed by atoms with E-state index in [2.05, 4.69) is 0 Å². The van der Waals surface area contributed by atoms with Crippen molar-refractivity contribution < 1.29 is 14.7 Å². The molecule has 4 heteroatoms. The molecule has 0 saturated heterocycles. The van der Waals surface area contributed by atoms with Crippen molar-refractivity contribution in [2.24, 2.45) is 0 Å². The Bertz CT molecular complexity index is 450. The van der Waals surface area contributed by atoms with Crippen LogP contribution in [0, 0.1) is 0 Å². The molecule has 0 fully saturated rings. The zero-order valence-corrected chi connectivity index (χ0v) is 11.9. The van der Waals surface area contributed by atoms with Crippen LogP contribution in [0.1, 0.15) is 33.3 Å². The Morgan fingerprint density at radius 1 is 1.21 bits per heavy atom. The highest BCUT2D eigenvalue weighted by atomic mass is 16.4. The van der Waals surface area contributed by atoms with Gasteiger partial charge in [-0.1, -0.05) is 30.3 Å². The van der Waals surface area contributed by atoms with Crippen molar-refractivity contribution in [1.29, 1.82) is 0 Å². The summed E-state index contributed by atoms with van der Waals surface area (Å²) in [6.45, 7) is 7.02. The third-order valence-corrected chi connectivity index (χ3v) is 3.03. The monoisotopic (exact) mass is 263 g/mol. The molecule has 104 valence electrons. The molecule has 1 aromatic rings. The van der Waals surface area contributed by atoms with Crippen molar-refractivity contribution in [2.75, 3.05) is 0 Å². The summed E-state index contributed by atoms with van der Waals surface area (Å²) in [5.41, 5.74) is -0.783. The normalized spacial score (nSPS) is 14.5. The topological polar surface area (TPSA) is 57.6 Å². The Morgan fingerprint density at radius 3 is 2.11 bits per heavy atom. The van der Waals surface area contributed by atoms with Gasteiger partial charge in [0, 0.05) is 12.0 Å². The molecule has 1 amide bonds. The fraction of sp³-hybridized carbons (Fsp3) is 0.467. The first-order chi connectivity index (χ1) is 8.70. The van der Waals surface area contributed by atoms with E-state index in [-0.39, 0.29) is 0 Å². The zero-order chi connectivity index (χ0) is 14.7.